The van der Waals surface area contributed by atoms with Crippen LogP contribution in [0, 0.1) is 5.92 Å². The first-order valence-corrected chi connectivity index (χ1v) is 7.43. The van der Waals surface area contributed by atoms with Crippen molar-refractivity contribution >= 4 is 33.2 Å². The summed E-state index contributed by atoms with van der Waals surface area (Å²) in [7, 11) is 0. The number of aromatic nitrogens is 1. The summed E-state index contributed by atoms with van der Waals surface area (Å²) in [5.41, 5.74) is 3.96. The molecule has 0 amide bonds. The number of rotatable bonds is 3. The number of carboxylic acid groups (broad SMARTS) is 1. The molecule has 19 heavy (non-hydrogen) atoms. The smallest absolute Gasteiger partial charge is 0.306 e. The van der Waals surface area contributed by atoms with Gasteiger partial charge in [-0.05, 0) is 43.9 Å². The van der Waals surface area contributed by atoms with E-state index in [1.54, 1.807) is 11.3 Å². The predicted octanol–water partition coefficient (Wildman–Crippen LogP) is 3.35. The van der Waals surface area contributed by atoms with E-state index in [2.05, 4.69) is 28.5 Å². The number of benzene rings is 1. The largest absolute Gasteiger partial charge is 0.481 e. The average Bonchev–Trinajstić information content (AvgIpc) is 2.87. The molecular formula is C14H16N2O2S. The maximum atomic E-state index is 10.9. The number of hydrogen-bond donors (Lipinski definition) is 2. The topological polar surface area (TPSA) is 62.2 Å². The molecule has 2 aromatic rings. The van der Waals surface area contributed by atoms with E-state index in [4.69, 9.17) is 5.11 Å². The van der Waals surface area contributed by atoms with E-state index < -0.39 is 5.97 Å². The quantitative estimate of drug-likeness (QED) is 0.902. The van der Waals surface area contributed by atoms with Gasteiger partial charge in [-0.25, -0.2) is 4.98 Å². The highest BCUT2D eigenvalue weighted by Crippen LogP contribution is 2.28. The van der Waals surface area contributed by atoms with Gasteiger partial charge in [0.05, 0.1) is 21.6 Å². The fourth-order valence-corrected chi connectivity index (χ4v) is 3.33. The molecule has 0 aliphatic heterocycles. The van der Waals surface area contributed by atoms with Crippen molar-refractivity contribution in [3.8, 4) is 0 Å². The van der Waals surface area contributed by atoms with Crippen LogP contribution in [0.5, 0.6) is 0 Å². The lowest BCUT2D eigenvalue weighted by Gasteiger charge is -2.27. The molecule has 1 fully saturated rings. The molecule has 3 rings (SSSR count). The third-order valence-corrected chi connectivity index (χ3v) is 4.59. The SMILES string of the molecule is O=C(O)C1CCC(Nc2ccc3scnc3c2)CC1. The maximum absolute atomic E-state index is 10.9. The number of thiazole rings is 1. The summed E-state index contributed by atoms with van der Waals surface area (Å²) in [6.45, 7) is 0. The van der Waals surface area contributed by atoms with Gasteiger partial charge in [0, 0.05) is 11.7 Å². The molecule has 5 heteroatoms. The summed E-state index contributed by atoms with van der Waals surface area (Å²) in [6, 6.07) is 6.60. The van der Waals surface area contributed by atoms with E-state index in [9.17, 15) is 4.79 Å². The van der Waals surface area contributed by atoms with E-state index >= 15 is 0 Å². The molecule has 1 saturated carbocycles. The molecule has 0 bridgehead atoms. The second kappa shape index (κ2) is 5.17. The van der Waals surface area contributed by atoms with E-state index in [1.165, 1.54) is 4.70 Å². The zero-order valence-corrected chi connectivity index (χ0v) is 11.3. The lowest BCUT2D eigenvalue weighted by atomic mass is 9.86. The van der Waals surface area contributed by atoms with Crippen LogP contribution >= 0.6 is 11.3 Å². The summed E-state index contributed by atoms with van der Waals surface area (Å²) in [5, 5.41) is 12.5. The molecule has 0 radical (unpaired) electrons. The summed E-state index contributed by atoms with van der Waals surface area (Å²) in [6.07, 6.45) is 3.38. The number of carbonyl (C=O) groups is 1. The van der Waals surface area contributed by atoms with Crippen LogP contribution in [0.4, 0.5) is 5.69 Å². The minimum absolute atomic E-state index is 0.154. The third kappa shape index (κ3) is 2.71. The molecule has 1 aromatic carbocycles. The molecule has 0 atom stereocenters. The standard InChI is InChI=1S/C14H16N2O2S/c17-14(18)9-1-3-10(4-2-9)16-11-5-6-13-12(7-11)15-8-19-13/h5-10,16H,1-4H2,(H,17,18). The molecule has 0 spiro atoms. The molecule has 2 N–H and O–H groups in total. The Bertz CT molecular complexity index is 588. The van der Waals surface area contributed by atoms with Crippen LogP contribution in [0.3, 0.4) is 0 Å². The van der Waals surface area contributed by atoms with E-state index in [0.29, 0.717) is 6.04 Å². The van der Waals surface area contributed by atoms with E-state index in [-0.39, 0.29) is 5.92 Å². The van der Waals surface area contributed by atoms with Crippen LogP contribution in [-0.2, 0) is 4.79 Å². The number of anilines is 1. The van der Waals surface area contributed by atoms with Crippen LogP contribution in [0.2, 0.25) is 0 Å². The van der Waals surface area contributed by atoms with Gasteiger partial charge in [-0.2, -0.15) is 0 Å². The highest BCUT2D eigenvalue weighted by molar-refractivity contribution is 7.16. The number of aliphatic carboxylic acids is 1. The Balaban J connectivity index is 1.64. The van der Waals surface area contributed by atoms with Crippen molar-refractivity contribution in [3.63, 3.8) is 0 Å². The van der Waals surface area contributed by atoms with Gasteiger partial charge in [0.2, 0.25) is 0 Å². The van der Waals surface area contributed by atoms with Gasteiger partial charge in [0.25, 0.3) is 0 Å². The Morgan fingerprint density at radius 1 is 1.32 bits per heavy atom. The van der Waals surface area contributed by atoms with Crippen molar-refractivity contribution < 1.29 is 9.90 Å². The second-order valence-electron chi connectivity index (χ2n) is 5.07. The Kier molecular flexibility index (Phi) is 3.38. The molecule has 0 saturated heterocycles. The first-order valence-electron chi connectivity index (χ1n) is 6.55. The number of fused-ring (bicyclic) bond motifs is 1. The normalized spacial score (nSPS) is 23.4. The zero-order chi connectivity index (χ0) is 13.2. The van der Waals surface area contributed by atoms with Crippen molar-refractivity contribution in [1.29, 1.82) is 0 Å². The van der Waals surface area contributed by atoms with Crippen molar-refractivity contribution in [2.24, 2.45) is 5.92 Å². The average molecular weight is 276 g/mol. The van der Waals surface area contributed by atoms with Gasteiger partial charge in [0.1, 0.15) is 0 Å². The van der Waals surface area contributed by atoms with Gasteiger partial charge in [-0.15, -0.1) is 11.3 Å². The van der Waals surface area contributed by atoms with Crippen LogP contribution in [0.25, 0.3) is 10.2 Å². The molecule has 1 heterocycles. The molecule has 0 unspecified atom stereocenters. The minimum atomic E-state index is -0.651. The molecule has 4 nitrogen and oxygen atoms in total. The molecule has 1 aliphatic rings. The molecular weight excluding hydrogens is 260 g/mol. The highest BCUT2D eigenvalue weighted by Gasteiger charge is 2.25. The summed E-state index contributed by atoms with van der Waals surface area (Å²) in [5.74, 6) is -0.804. The Morgan fingerprint density at radius 2 is 2.11 bits per heavy atom. The summed E-state index contributed by atoms with van der Waals surface area (Å²) < 4.78 is 1.19. The third-order valence-electron chi connectivity index (χ3n) is 3.78. The van der Waals surface area contributed by atoms with E-state index in [1.807, 2.05) is 5.51 Å². The van der Waals surface area contributed by atoms with Crippen molar-refractivity contribution in [2.75, 3.05) is 5.32 Å². The number of nitrogens with one attached hydrogen (secondary N) is 1. The lowest BCUT2D eigenvalue weighted by Crippen LogP contribution is -2.29. The van der Waals surface area contributed by atoms with Gasteiger partial charge in [-0.3, -0.25) is 4.79 Å². The summed E-state index contributed by atoms with van der Waals surface area (Å²) in [4.78, 5) is 15.2. The lowest BCUT2D eigenvalue weighted by molar-refractivity contribution is -0.142. The Hall–Kier alpha value is -1.62. The predicted molar refractivity (Wildman–Crippen MR) is 76.6 cm³/mol. The van der Waals surface area contributed by atoms with Gasteiger partial charge >= 0.3 is 5.97 Å². The first-order chi connectivity index (χ1) is 9.22. The highest BCUT2D eigenvalue weighted by atomic mass is 32.1. The fraction of sp³-hybridized carbons (Fsp3) is 0.429. The number of nitrogens with zero attached hydrogens (tertiary/aromatic N) is 1. The maximum Gasteiger partial charge on any atom is 0.306 e. The minimum Gasteiger partial charge on any atom is -0.481 e. The molecule has 1 aliphatic carbocycles. The van der Waals surface area contributed by atoms with Crippen LogP contribution < -0.4 is 5.32 Å². The zero-order valence-electron chi connectivity index (χ0n) is 10.5. The monoisotopic (exact) mass is 276 g/mol. The molecule has 1 aromatic heterocycles. The number of hydrogen-bond acceptors (Lipinski definition) is 4. The first kappa shape index (κ1) is 12.4. The molecule has 100 valence electrons. The van der Waals surface area contributed by atoms with Crippen molar-refractivity contribution in [2.45, 2.75) is 31.7 Å². The summed E-state index contributed by atoms with van der Waals surface area (Å²) >= 11 is 1.64. The Labute approximate surface area is 115 Å². The van der Waals surface area contributed by atoms with E-state index in [0.717, 1.165) is 36.9 Å². The van der Waals surface area contributed by atoms with Crippen molar-refractivity contribution in [1.82, 2.24) is 4.98 Å². The number of carboxylic acids is 1. The van der Waals surface area contributed by atoms with Crippen LogP contribution in [0.15, 0.2) is 23.7 Å². The Morgan fingerprint density at radius 3 is 2.84 bits per heavy atom. The van der Waals surface area contributed by atoms with Gasteiger partial charge < -0.3 is 10.4 Å². The van der Waals surface area contributed by atoms with Gasteiger partial charge in [0.15, 0.2) is 0 Å². The van der Waals surface area contributed by atoms with Crippen molar-refractivity contribution in [3.05, 3.63) is 23.7 Å². The van der Waals surface area contributed by atoms with Crippen LogP contribution in [0.1, 0.15) is 25.7 Å². The van der Waals surface area contributed by atoms with Gasteiger partial charge in [-0.1, -0.05) is 0 Å². The second-order valence-corrected chi connectivity index (χ2v) is 5.95. The van der Waals surface area contributed by atoms with Crippen LogP contribution in [-0.4, -0.2) is 22.1 Å². The fourth-order valence-electron chi connectivity index (χ4n) is 2.67.